The van der Waals surface area contributed by atoms with Crippen molar-refractivity contribution in [1.82, 2.24) is 4.90 Å². The summed E-state index contributed by atoms with van der Waals surface area (Å²) in [6, 6.07) is 0. The Morgan fingerprint density at radius 1 is 1.21 bits per heavy atom. The van der Waals surface area contributed by atoms with Crippen molar-refractivity contribution < 1.29 is 32.6 Å². The molecule has 0 bridgehead atoms. The number of rotatable bonds is 1. The number of carbonyl (C=O) groups excluding carboxylic acids is 1. The van der Waals surface area contributed by atoms with Crippen molar-refractivity contribution in [2.75, 3.05) is 13.1 Å². The van der Waals surface area contributed by atoms with Gasteiger partial charge in [0.1, 0.15) is 5.60 Å². The fourth-order valence-electron chi connectivity index (χ4n) is 1.86. The highest BCUT2D eigenvalue weighted by molar-refractivity contribution is 5.74. The standard InChI is InChI=1S/C11H16F3NO4/c1-10(2,3)19-9(18)15-4-6(8(16)17)7(5-15)11(12,13)14/h6-7H,4-5H2,1-3H3,(H,16,17). The number of ether oxygens (including phenoxy) is 1. The van der Waals surface area contributed by atoms with Gasteiger partial charge < -0.3 is 14.7 Å². The molecule has 1 fully saturated rings. The minimum atomic E-state index is -4.65. The second kappa shape index (κ2) is 4.90. The van der Waals surface area contributed by atoms with Crippen LogP contribution in [0, 0.1) is 11.8 Å². The summed E-state index contributed by atoms with van der Waals surface area (Å²) in [6.07, 6.45) is -5.58. The molecule has 2 unspecified atom stereocenters. The summed E-state index contributed by atoms with van der Waals surface area (Å²) < 4.78 is 43.0. The van der Waals surface area contributed by atoms with Crippen molar-refractivity contribution in [3.05, 3.63) is 0 Å². The molecule has 5 nitrogen and oxygen atoms in total. The summed E-state index contributed by atoms with van der Waals surface area (Å²) in [5, 5.41) is 8.80. The van der Waals surface area contributed by atoms with Crippen LogP contribution in [0.5, 0.6) is 0 Å². The van der Waals surface area contributed by atoms with Gasteiger partial charge in [-0.3, -0.25) is 4.79 Å². The molecule has 0 aromatic rings. The van der Waals surface area contributed by atoms with Gasteiger partial charge in [-0.25, -0.2) is 4.79 Å². The summed E-state index contributed by atoms with van der Waals surface area (Å²) in [5.41, 5.74) is -0.841. The predicted molar refractivity (Wildman–Crippen MR) is 58.5 cm³/mol. The van der Waals surface area contributed by atoms with E-state index >= 15 is 0 Å². The van der Waals surface area contributed by atoms with Crippen LogP contribution in [0.25, 0.3) is 0 Å². The number of amides is 1. The molecule has 0 aliphatic carbocycles. The molecule has 19 heavy (non-hydrogen) atoms. The molecule has 1 heterocycles. The molecule has 110 valence electrons. The zero-order chi connectivity index (χ0) is 15.0. The molecule has 0 aromatic heterocycles. The molecule has 1 N–H and O–H groups in total. The maximum Gasteiger partial charge on any atom is 0.410 e. The van der Waals surface area contributed by atoms with Crippen molar-refractivity contribution in [1.29, 1.82) is 0 Å². The maximum absolute atomic E-state index is 12.7. The number of carbonyl (C=O) groups is 2. The maximum atomic E-state index is 12.7. The third-order valence-electron chi connectivity index (χ3n) is 2.71. The normalized spacial score (nSPS) is 24.4. The number of carboxylic acid groups (broad SMARTS) is 1. The molecule has 0 saturated carbocycles. The molecule has 1 saturated heterocycles. The Labute approximate surface area is 108 Å². The van der Waals surface area contributed by atoms with Gasteiger partial charge >= 0.3 is 18.2 Å². The third-order valence-corrected chi connectivity index (χ3v) is 2.71. The van der Waals surface area contributed by atoms with E-state index in [2.05, 4.69) is 0 Å². The fourth-order valence-corrected chi connectivity index (χ4v) is 1.86. The number of hydrogen-bond acceptors (Lipinski definition) is 3. The largest absolute Gasteiger partial charge is 0.481 e. The quantitative estimate of drug-likeness (QED) is 0.800. The second-order valence-corrected chi connectivity index (χ2v) is 5.48. The van der Waals surface area contributed by atoms with Crippen LogP contribution in [0.15, 0.2) is 0 Å². The van der Waals surface area contributed by atoms with Gasteiger partial charge in [-0.05, 0) is 20.8 Å². The Kier molecular flexibility index (Phi) is 4.02. The van der Waals surface area contributed by atoms with Gasteiger partial charge in [-0.2, -0.15) is 13.2 Å². The highest BCUT2D eigenvalue weighted by Crippen LogP contribution is 2.38. The zero-order valence-electron chi connectivity index (χ0n) is 10.8. The van der Waals surface area contributed by atoms with Crippen molar-refractivity contribution in [3.63, 3.8) is 0 Å². The van der Waals surface area contributed by atoms with Crippen molar-refractivity contribution in [2.24, 2.45) is 11.8 Å². The average molecular weight is 283 g/mol. The molecule has 1 rings (SSSR count). The third kappa shape index (κ3) is 4.00. The first kappa shape index (κ1) is 15.6. The van der Waals surface area contributed by atoms with Gasteiger partial charge in [0.2, 0.25) is 0 Å². The summed E-state index contributed by atoms with van der Waals surface area (Å²) in [5.74, 6) is -5.27. The minimum Gasteiger partial charge on any atom is -0.481 e. The van der Waals surface area contributed by atoms with Crippen molar-refractivity contribution in [2.45, 2.75) is 32.5 Å². The van der Waals surface area contributed by atoms with Crippen LogP contribution in [0.4, 0.5) is 18.0 Å². The van der Waals surface area contributed by atoms with Gasteiger partial charge in [-0.15, -0.1) is 0 Å². The molecule has 0 spiro atoms. The molecule has 0 aromatic carbocycles. The van der Waals surface area contributed by atoms with Crippen LogP contribution >= 0.6 is 0 Å². The average Bonchev–Trinajstić information content (AvgIpc) is 2.57. The first-order valence-electron chi connectivity index (χ1n) is 5.69. The lowest BCUT2D eigenvalue weighted by atomic mass is 9.96. The van der Waals surface area contributed by atoms with Gasteiger partial charge in [0.25, 0.3) is 0 Å². The van der Waals surface area contributed by atoms with Gasteiger partial charge in [0.05, 0.1) is 11.8 Å². The monoisotopic (exact) mass is 283 g/mol. The van der Waals surface area contributed by atoms with E-state index in [4.69, 9.17) is 9.84 Å². The van der Waals surface area contributed by atoms with E-state index in [-0.39, 0.29) is 0 Å². The molecule has 1 aliphatic rings. The zero-order valence-corrected chi connectivity index (χ0v) is 10.8. The topological polar surface area (TPSA) is 66.8 Å². The summed E-state index contributed by atoms with van der Waals surface area (Å²) in [4.78, 5) is 23.3. The number of hydrogen-bond donors (Lipinski definition) is 1. The molecular weight excluding hydrogens is 267 g/mol. The molecule has 8 heteroatoms. The Hall–Kier alpha value is -1.47. The Bertz CT molecular complexity index is 375. The molecule has 2 atom stereocenters. The van der Waals surface area contributed by atoms with Crippen LogP contribution in [-0.2, 0) is 9.53 Å². The molecule has 1 amide bonds. The van der Waals surface area contributed by atoms with E-state index in [1.54, 1.807) is 20.8 Å². The van der Waals surface area contributed by atoms with Gasteiger partial charge in [0.15, 0.2) is 0 Å². The minimum absolute atomic E-state index is 0.492. The smallest absolute Gasteiger partial charge is 0.410 e. The summed E-state index contributed by atoms with van der Waals surface area (Å²) in [7, 11) is 0. The first-order valence-corrected chi connectivity index (χ1v) is 5.69. The number of carboxylic acids is 1. The van der Waals surface area contributed by atoms with Crippen LogP contribution in [-0.4, -0.2) is 46.9 Å². The number of halogens is 3. The van der Waals surface area contributed by atoms with E-state index in [0.717, 1.165) is 4.90 Å². The van der Waals surface area contributed by atoms with Gasteiger partial charge in [0, 0.05) is 13.1 Å². The van der Waals surface area contributed by atoms with Crippen molar-refractivity contribution in [3.8, 4) is 0 Å². The molecular formula is C11H16F3NO4. The number of likely N-dealkylation sites (tertiary alicyclic amines) is 1. The summed E-state index contributed by atoms with van der Waals surface area (Å²) >= 11 is 0. The second-order valence-electron chi connectivity index (χ2n) is 5.48. The predicted octanol–water partition coefficient (Wildman–Crippen LogP) is 2.12. The van der Waals surface area contributed by atoms with E-state index in [1.807, 2.05) is 0 Å². The Morgan fingerprint density at radius 2 is 1.74 bits per heavy atom. The van der Waals surface area contributed by atoms with E-state index in [9.17, 15) is 22.8 Å². The lowest BCUT2D eigenvalue weighted by Gasteiger charge is -2.24. The van der Waals surface area contributed by atoms with Crippen LogP contribution in [0.1, 0.15) is 20.8 Å². The van der Waals surface area contributed by atoms with E-state index in [0.29, 0.717) is 0 Å². The van der Waals surface area contributed by atoms with E-state index < -0.39 is 48.8 Å². The van der Waals surface area contributed by atoms with Crippen molar-refractivity contribution >= 4 is 12.1 Å². The number of alkyl halides is 3. The highest BCUT2D eigenvalue weighted by Gasteiger charge is 2.54. The van der Waals surface area contributed by atoms with Crippen LogP contribution < -0.4 is 0 Å². The first-order chi connectivity index (χ1) is 8.42. The highest BCUT2D eigenvalue weighted by atomic mass is 19.4. The molecule has 1 aliphatic heterocycles. The van der Waals surface area contributed by atoms with E-state index in [1.165, 1.54) is 0 Å². The van der Waals surface area contributed by atoms with Crippen LogP contribution in [0.2, 0.25) is 0 Å². The lowest BCUT2D eigenvalue weighted by Crippen LogP contribution is -2.36. The number of aliphatic carboxylic acids is 1. The Morgan fingerprint density at radius 3 is 2.05 bits per heavy atom. The van der Waals surface area contributed by atoms with Gasteiger partial charge in [-0.1, -0.05) is 0 Å². The fraction of sp³-hybridized carbons (Fsp3) is 0.818. The summed E-state index contributed by atoms with van der Waals surface area (Å²) in [6.45, 7) is 3.56. The lowest BCUT2D eigenvalue weighted by molar-refractivity contribution is -0.188. The SMILES string of the molecule is CC(C)(C)OC(=O)N1CC(C(=O)O)C(C(F)(F)F)C1. The molecule has 0 radical (unpaired) electrons. The number of nitrogens with zero attached hydrogens (tertiary/aromatic N) is 1. The van der Waals surface area contributed by atoms with Crippen LogP contribution in [0.3, 0.4) is 0 Å². The Balaban J connectivity index is 2.81.